The van der Waals surface area contributed by atoms with Crippen LogP contribution in [0.25, 0.3) is 10.3 Å². The highest BCUT2D eigenvalue weighted by Crippen LogP contribution is 2.39. The standard InChI is InChI=1S/C26H46N4O8SSi2/c1-16(2)36-25(32)38-19-17(14-35-41(9,10)26(3,4)5)37-22(20(19)34-15-33-11-12-40(6,7)8)30-21-18(39-24(30)31)13-28-23(27)29-21/h13,16-17,19-20,22H,11-12,14-15H2,1-10H3,(H2,27,28,29)/t17-,19-,20-,22-/m1/s1. The summed E-state index contributed by atoms with van der Waals surface area (Å²) in [6.07, 6.45) is -3.42. The van der Waals surface area contributed by atoms with Gasteiger partial charge in [0.25, 0.3) is 0 Å². The van der Waals surface area contributed by atoms with Crippen LogP contribution in [0.1, 0.15) is 40.8 Å². The monoisotopic (exact) mass is 630 g/mol. The van der Waals surface area contributed by atoms with Crippen molar-refractivity contribution in [3.63, 3.8) is 0 Å². The van der Waals surface area contributed by atoms with E-state index >= 15 is 0 Å². The Kier molecular flexibility index (Phi) is 10.8. The highest BCUT2D eigenvalue weighted by Gasteiger charge is 2.51. The number of nitrogens with zero attached hydrogens (tertiary/aromatic N) is 3. The number of nitrogen functional groups attached to an aromatic ring is 1. The molecule has 1 aliphatic heterocycles. The summed E-state index contributed by atoms with van der Waals surface area (Å²) in [5, 5.41) is -0.0625. The normalized spacial score (nSPS) is 22.0. The van der Waals surface area contributed by atoms with Crippen molar-refractivity contribution in [2.24, 2.45) is 0 Å². The van der Waals surface area contributed by atoms with Gasteiger partial charge in [-0.25, -0.2) is 9.78 Å². The molecule has 2 aromatic heterocycles. The summed E-state index contributed by atoms with van der Waals surface area (Å²) in [6.45, 7) is 21.5. The van der Waals surface area contributed by atoms with Crippen LogP contribution in [-0.4, -0.2) is 81.5 Å². The smallest absolute Gasteiger partial charge is 0.432 e. The molecule has 1 saturated heterocycles. The Morgan fingerprint density at radius 2 is 1.88 bits per heavy atom. The molecular weight excluding hydrogens is 585 g/mol. The number of rotatable bonds is 12. The summed E-state index contributed by atoms with van der Waals surface area (Å²) in [5.74, 6) is 0.0142. The van der Waals surface area contributed by atoms with Gasteiger partial charge in [-0.2, -0.15) is 4.98 Å². The maximum atomic E-state index is 13.3. The molecule has 15 heteroatoms. The lowest BCUT2D eigenvalue weighted by Gasteiger charge is -2.37. The average molecular weight is 631 g/mol. The lowest BCUT2D eigenvalue weighted by Crippen LogP contribution is -2.46. The quantitative estimate of drug-likeness (QED) is 0.147. The molecule has 232 valence electrons. The van der Waals surface area contributed by atoms with Crippen LogP contribution in [0.5, 0.6) is 0 Å². The average Bonchev–Trinajstić information content (AvgIpc) is 3.31. The first-order chi connectivity index (χ1) is 18.9. The van der Waals surface area contributed by atoms with Gasteiger partial charge in [0, 0.05) is 14.7 Å². The van der Waals surface area contributed by atoms with Crippen molar-refractivity contribution in [3.05, 3.63) is 15.9 Å². The van der Waals surface area contributed by atoms with Crippen molar-refractivity contribution >= 4 is 50.2 Å². The van der Waals surface area contributed by atoms with Gasteiger partial charge >= 0.3 is 11.0 Å². The molecule has 2 N–H and O–H groups in total. The number of carbonyl (C=O) groups is 1. The minimum atomic E-state index is -2.21. The summed E-state index contributed by atoms with van der Waals surface area (Å²) >= 11 is 0.965. The number of nitrogens with two attached hydrogens (primary N) is 1. The third-order valence-electron chi connectivity index (χ3n) is 7.24. The first kappa shape index (κ1) is 33.6. The van der Waals surface area contributed by atoms with E-state index in [0.717, 1.165) is 17.4 Å². The minimum absolute atomic E-state index is 0.0142. The van der Waals surface area contributed by atoms with Gasteiger partial charge < -0.3 is 33.8 Å². The van der Waals surface area contributed by atoms with E-state index in [1.165, 1.54) is 10.8 Å². The van der Waals surface area contributed by atoms with E-state index in [1.807, 2.05) is 0 Å². The van der Waals surface area contributed by atoms with Crippen molar-refractivity contribution in [1.82, 2.24) is 14.5 Å². The van der Waals surface area contributed by atoms with E-state index in [0.29, 0.717) is 17.0 Å². The molecule has 0 aromatic carbocycles. The lowest BCUT2D eigenvalue weighted by molar-refractivity contribution is -0.140. The molecule has 0 amide bonds. The van der Waals surface area contributed by atoms with Crippen molar-refractivity contribution < 1.29 is 32.9 Å². The van der Waals surface area contributed by atoms with E-state index in [1.54, 1.807) is 13.8 Å². The second-order valence-corrected chi connectivity index (χ2v) is 24.7. The molecule has 4 atom stereocenters. The molecule has 0 aliphatic carbocycles. The molecule has 0 radical (unpaired) electrons. The number of hydrogen-bond donors (Lipinski definition) is 1. The van der Waals surface area contributed by atoms with Crippen molar-refractivity contribution in [3.8, 4) is 0 Å². The summed E-state index contributed by atoms with van der Waals surface area (Å²) in [6, 6.07) is 0.954. The van der Waals surface area contributed by atoms with Crippen LogP contribution in [0, 0.1) is 0 Å². The maximum Gasteiger partial charge on any atom is 0.508 e. The van der Waals surface area contributed by atoms with Crippen LogP contribution in [0.15, 0.2) is 11.0 Å². The Balaban J connectivity index is 1.98. The van der Waals surface area contributed by atoms with Crippen LogP contribution >= 0.6 is 11.3 Å². The number of hydrogen-bond acceptors (Lipinski definition) is 12. The van der Waals surface area contributed by atoms with E-state index in [2.05, 4.69) is 63.5 Å². The Bertz CT molecular complexity index is 1240. The zero-order valence-electron chi connectivity index (χ0n) is 25.9. The number of aromatic nitrogens is 3. The van der Waals surface area contributed by atoms with Crippen LogP contribution in [0.4, 0.5) is 10.7 Å². The molecule has 41 heavy (non-hydrogen) atoms. The maximum absolute atomic E-state index is 13.3. The molecule has 3 rings (SSSR count). The molecule has 2 aromatic rings. The number of thiazole rings is 1. The van der Waals surface area contributed by atoms with Gasteiger partial charge in [-0.15, -0.1) is 0 Å². The summed E-state index contributed by atoms with van der Waals surface area (Å²) in [5.41, 5.74) is 6.17. The molecule has 1 aliphatic rings. The van der Waals surface area contributed by atoms with E-state index < -0.39 is 53.2 Å². The van der Waals surface area contributed by atoms with E-state index in [-0.39, 0.29) is 29.3 Å². The van der Waals surface area contributed by atoms with E-state index in [4.69, 9.17) is 33.8 Å². The molecule has 12 nitrogen and oxygen atoms in total. The zero-order chi connectivity index (χ0) is 30.8. The van der Waals surface area contributed by atoms with Crippen LogP contribution in [0.2, 0.25) is 43.8 Å². The summed E-state index contributed by atoms with van der Waals surface area (Å²) in [4.78, 5) is 34.0. The molecule has 0 spiro atoms. The van der Waals surface area contributed by atoms with Gasteiger partial charge in [0.1, 0.15) is 19.0 Å². The van der Waals surface area contributed by atoms with Gasteiger partial charge in [0.15, 0.2) is 26.3 Å². The highest BCUT2D eigenvalue weighted by molar-refractivity contribution is 7.16. The lowest BCUT2D eigenvalue weighted by atomic mass is 10.1. The highest BCUT2D eigenvalue weighted by atomic mass is 32.1. The Labute approximate surface area is 248 Å². The summed E-state index contributed by atoms with van der Waals surface area (Å²) in [7, 11) is -3.53. The molecule has 0 unspecified atom stereocenters. The van der Waals surface area contributed by atoms with Crippen molar-refractivity contribution in [2.45, 2.75) is 109 Å². The van der Waals surface area contributed by atoms with E-state index in [9.17, 15) is 9.59 Å². The third kappa shape index (κ3) is 8.81. The van der Waals surface area contributed by atoms with Crippen LogP contribution in [0.3, 0.4) is 0 Å². The first-order valence-corrected chi connectivity index (χ1v) is 21.3. The Morgan fingerprint density at radius 3 is 2.49 bits per heavy atom. The predicted octanol–water partition coefficient (Wildman–Crippen LogP) is 4.98. The first-order valence-electron chi connectivity index (χ1n) is 13.9. The SMILES string of the molecule is CC(C)OC(=O)O[C@H]1[C@@H](OCOCC[Si](C)(C)C)[C@H](n2c(=O)sc3cnc(N)nc32)O[C@@H]1CO[Si](C)(C)C(C)(C)C. The van der Waals surface area contributed by atoms with Crippen LogP contribution in [-0.2, 0) is 28.1 Å². The van der Waals surface area contributed by atoms with Crippen molar-refractivity contribution in [1.29, 1.82) is 0 Å². The molecular formula is C26H46N4O8SSi2. The number of anilines is 1. The predicted molar refractivity (Wildman–Crippen MR) is 163 cm³/mol. The number of ether oxygens (including phenoxy) is 5. The summed E-state index contributed by atoms with van der Waals surface area (Å²) < 4.78 is 38.0. The molecule has 0 bridgehead atoms. The fraction of sp³-hybridized carbons (Fsp3) is 0.769. The Morgan fingerprint density at radius 1 is 1.20 bits per heavy atom. The molecule has 3 heterocycles. The number of fused-ring (bicyclic) bond motifs is 1. The van der Waals surface area contributed by atoms with Gasteiger partial charge in [0.2, 0.25) is 5.95 Å². The minimum Gasteiger partial charge on any atom is -0.432 e. The van der Waals surface area contributed by atoms with Crippen LogP contribution < -0.4 is 10.6 Å². The molecule has 1 fully saturated rings. The zero-order valence-corrected chi connectivity index (χ0v) is 28.7. The fourth-order valence-electron chi connectivity index (χ4n) is 3.85. The van der Waals surface area contributed by atoms with Gasteiger partial charge in [-0.05, 0) is 38.0 Å². The number of carbonyl (C=O) groups excluding carboxylic acids is 1. The topological polar surface area (TPSA) is 146 Å². The fourth-order valence-corrected chi connectivity index (χ4v) is 6.43. The third-order valence-corrected chi connectivity index (χ3v) is 14.3. The van der Waals surface area contributed by atoms with Gasteiger partial charge in [-0.1, -0.05) is 51.7 Å². The van der Waals surface area contributed by atoms with Gasteiger partial charge in [-0.3, -0.25) is 9.36 Å². The largest absolute Gasteiger partial charge is 0.508 e. The second-order valence-electron chi connectivity index (χ2n) is 13.3. The Hall–Kier alpha value is -1.89. The molecule has 0 saturated carbocycles. The van der Waals surface area contributed by atoms with Crippen molar-refractivity contribution in [2.75, 3.05) is 25.7 Å². The van der Waals surface area contributed by atoms with Gasteiger partial charge in [0.05, 0.1) is 23.6 Å². The second kappa shape index (κ2) is 13.2.